The lowest BCUT2D eigenvalue weighted by molar-refractivity contribution is -0.129. The van der Waals surface area contributed by atoms with E-state index in [4.69, 9.17) is 4.74 Å². The molecule has 1 aromatic heterocycles. The standard InChI is InChI=1S/C20H24N2O4/c1-11-17(14(4)23)13(3)21-18(11)20(25)26-15(5)19(24)22-12(2)16-9-7-6-8-10-16/h6-10,12,15,21H,1-5H3,(H,22,24)/t12-,15+/m0/s1. The van der Waals surface area contributed by atoms with Crippen molar-refractivity contribution in [2.75, 3.05) is 0 Å². The number of ether oxygens (including phenoxy) is 1. The minimum absolute atomic E-state index is 0.127. The second-order valence-electron chi connectivity index (χ2n) is 6.37. The Bertz CT molecular complexity index is 824. The van der Waals surface area contributed by atoms with E-state index < -0.39 is 12.1 Å². The number of hydrogen-bond acceptors (Lipinski definition) is 4. The van der Waals surface area contributed by atoms with Gasteiger partial charge in [-0.15, -0.1) is 0 Å². The Labute approximate surface area is 152 Å². The highest BCUT2D eigenvalue weighted by atomic mass is 16.5. The van der Waals surface area contributed by atoms with Gasteiger partial charge < -0.3 is 15.0 Å². The molecule has 0 bridgehead atoms. The van der Waals surface area contributed by atoms with Crippen LogP contribution in [0.2, 0.25) is 0 Å². The molecule has 0 aliphatic rings. The summed E-state index contributed by atoms with van der Waals surface area (Å²) < 4.78 is 5.27. The van der Waals surface area contributed by atoms with Crippen molar-refractivity contribution in [3.8, 4) is 0 Å². The molecule has 138 valence electrons. The number of hydrogen-bond donors (Lipinski definition) is 2. The molecule has 26 heavy (non-hydrogen) atoms. The molecule has 1 aromatic carbocycles. The van der Waals surface area contributed by atoms with Crippen LogP contribution < -0.4 is 5.32 Å². The highest BCUT2D eigenvalue weighted by molar-refractivity contribution is 6.01. The van der Waals surface area contributed by atoms with Crippen LogP contribution in [0.1, 0.15) is 64.5 Å². The van der Waals surface area contributed by atoms with Gasteiger partial charge in [-0.3, -0.25) is 9.59 Å². The molecule has 1 heterocycles. The van der Waals surface area contributed by atoms with E-state index in [9.17, 15) is 14.4 Å². The second-order valence-corrected chi connectivity index (χ2v) is 6.37. The number of aromatic amines is 1. The summed E-state index contributed by atoms with van der Waals surface area (Å²) >= 11 is 0. The van der Waals surface area contributed by atoms with Crippen LogP contribution >= 0.6 is 0 Å². The number of amides is 1. The first kappa shape index (κ1) is 19.4. The van der Waals surface area contributed by atoms with Gasteiger partial charge in [0.05, 0.1) is 6.04 Å². The van der Waals surface area contributed by atoms with E-state index in [0.717, 1.165) is 5.56 Å². The van der Waals surface area contributed by atoms with Crippen molar-refractivity contribution >= 4 is 17.7 Å². The highest BCUT2D eigenvalue weighted by Crippen LogP contribution is 2.20. The van der Waals surface area contributed by atoms with Crippen molar-refractivity contribution in [3.05, 3.63) is 58.4 Å². The van der Waals surface area contributed by atoms with Crippen LogP contribution in [0.4, 0.5) is 0 Å². The summed E-state index contributed by atoms with van der Waals surface area (Å²) in [6.45, 7) is 8.22. The number of rotatable bonds is 6. The third kappa shape index (κ3) is 4.20. The number of carbonyl (C=O) groups excluding carboxylic acids is 3. The largest absolute Gasteiger partial charge is 0.448 e. The molecule has 0 saturated carbocycles. The molecule has 2 atom stereocenters. The first-order valence-corrected chi connectivity index (χ1v) is 8.48. The number of aryl methyl sites for hydroxylation is 1. The van der Waals surface area contributed by atoms with Gasteiger partial charge in [-0.05, 0) is 45.7 Å². The average Bonchev–Trinajstić information content (AvgIpc) is 2.90. The van der Waals surface area contributed by atoms with Gasteiger partial charge in [0.25, 0.3) is 5.91 Å². The third-order valence-corrected chi connectivity index (χ3v) is 4.31. The lowest BCUT2D eigenvalue weighted by Gasteiger charge is -2.18. The average molecular weight is 356 g/mol. The van der Waals surface area contributed by atoms with Gasteiger partial charge in [-0.2, -0.15) is 0 Å². The van der Waals surface area contributed by atoms with Crippen LogP contribution in [-0.4, -0.2) is 28.7 Å². The molecule has 0 spiro atoms. The molecule has 6 nitrogen and oxygen atoms in total. The molecule has 0 aliphatic carbocycles. The normalized spacial score (nSPS) is 13.0. The molecule has 0 radical (unpaired) electrons. The predicted molar refractivity (Wildman–Crippen MR) is 98.1 cm³/mol. The Morgan fingerprint density at radius 1 is 1.08 bits per heavy atom. The van der Waals surface area contributed by atoms with Gasteiger partial charge in [0.15, 0.2) is 11.9 Å². The lowest BCUT2D eigenvalue weighted by Crippen LogP contribution is -2.37. The Morgan fingerprint density at radius 3 is 2.23 bits per heavy atom. The maximum absolute atomic E-state index is 12.4. The number of Topliss-reactive ketones (excluding diaryl/α,β-unsaturated/α-hetero) is 1. The van der Waals surface area contributed by atoms with Crippen LogP contribution in [0.25, 0.3) is 0 Å². The summed E-state index contributed by atoms with van der Waals surface area (Å²) in [5.41, 5.74) is 2.78. The fourth-order valence-corrected chi connectivity index (χ4v) is 2.91. The van der Waals surface area contributed by atoms with Crippen LogP contribution in [0, 0.1) is 13.8 Å². The topological polar surface area (TPSA) is 88.3 Å². The molecule has 2 rings (SSSR count). The monoisotopic (exact) mass is 356 g/mol. The summed E-state index contributed by atoms with van der Waals surface area (Å²) in [7, 11) is 0. The summed E-state index contributed by atoms with van der Waals surface area (Å²) in [5.74, 6) is -1.17. The third-order valence-electron chi connectivity index (χ3n) is 4.31. The lowest BCUT2D eigenvalue weighted by atomic mass is 10.1. The minimum atomic E-state index is -0.961. The van der Waals surface area contributed by atoms with E-state index in [-0.39, 0.29) is 23.4 Å². The number of H-pyrrole nitrogens is 1. The maximum Gasteiger partial charge on any atom is 0.355 e. The van der Waals surface area contributed by atoms with E-state index in [1.807, 2.05) is 37.3 Å². The molecule has 0 fully saturated rings. The molecule has 0 saturated heterocycles. The number of esters is 1. The number of nitrogens with one attached hydrogen (secondary N) is 2. The molecule has 1 amide bonds. The smallest absolute Gasteiger partial charge is 0.355 e. The van der Waals surface area contributed by atoms with Gasteiger partial charge in [-0.25, -0.2) is 4.79 Å². The van der Waals surface area contributed by atoms with Crippen molar-refractivity contribution in [1.29, 1.82) is 0 Å². The molecule has 0 aliphatic heterocycles. The van der Waals surface area contributed by atoms with Crippen LogP contribution in [-0.2, 0) is 9.53 Å². The van der Waals surface area contributed by atoms with Crippen molar-refractivity contribution in [3.63, 3.8) is 0 Å². The molecule has 2 N–H and O–H groups in total. The van der Waals surface area contributed by atoms with Crippen LogP contribution in [0.15, 0.2) is 30.3 Å². The van der Waals surface area contributed by atoms with Crippen molar-refractivity contribution in [2.45, 2.75) is 46.8 Å². The van der Waals surface area contributed by atoms with E-state index in [0.29, 0.717) is 16.8 Å². The fourth-order valence-electron chi connectivity index (χ4n) is 2.91. The van der Waals surface area contributed by atoms with Crippen molar-refractivity contribution in [2.24, 2.45) is 0 Å². The summed E-state index contributed by atoms with van der Waals surface area (Å²) in [6, 6.07) is 9.31. The quantitative estimate of drug-likeness (QED) is 0.614. The van der Waals surface area contributed by atoms with Crippen molar-refractivity contribution in [1.82, 2.24) is 10.3 Å². The van der Waals surface area contributed by atoms with Gasteiger partial charge in [0, 0.05) is 11.3 Å². The van der Waals surface area contributed by atoms with Gasteiger partial charge in [0.2, 0.25) is 0 Å². The van der Waals surface area contributed by atoms with Gasteiger partial charge in [0.1, 0.15) is 5.69 Å². The Morgan fingerprint density at radius 2 is 1.69 bits per heavy atom. The van der Waals surface area contributed by atoms with E-state index in [1.54, 1.807) is 13.8 Å². The maximum atomic E-state index is 12.4. The van der Waals surface area contributed by atoms with Crippen LogP contribution in [0.5, 0.6) is 0 Å². The summed E-state index contributed by atoms with van der Waals surface area (Å²) in [6.07, 6.45) is -0.961. The zero-order valence-corrected chi connectivity index (χ0v) is 15.7. The zero-order valence-electron chi connectivity index (χ0n) is 15.7. The molecule has 0 unspecified atom stereocenters. The first-order chi connectivity index (χ1) is 12.2. The molecule has 2 aromatic rings. The Balaban J connectivity index is 2.04. The van der Waals surface area contributed by atoms with Gasteiger partial charge in [-0.1, -0.05) is 30.3 Å². The first-order valence-electron chi connectivity index (χ1n) is 8.48. The summed E-state index contributed by atoms with van der Waals surface area (Å²) in [4.78, 5) is 39.2. The molecular formula is C20H24N2O4. The highest BCUT2D eigenvalue weighted by Gasteiger charge is 2.25. The van der Waals surface area contributed by atoms with Crippen LogP contribution in [0.3, 0.4) is 0 Å². The number of ketones is 1. The fraction of sp³-hybridized carbons (Fsp3) is 0.350. The number of benzene rings is 1. The van der Waals surface area contributed by atoms with E-state index in [2.05, 4.69) is 10.3 Å². The minimum Gasteiger partial charge on any atom is -0.448 e. The predicted octanol–water partition coefficient (Wildman–Crippen LogP) is 3.26. The van der Waals surface area contributed by atoms with Crippen molar-refractivity contribution < 1.29 is 19.1 Å². The number of aromatic nitrogens is 1. The molecule has 6 heteroatoms. The second kappa shape index (κ2) is 7.99. The van der Waals surface area contributed by atoms with E-state index in [1.165, 1.54) is 13.8 Å². The Hall–Kier alpha value is -2.89. The summed E-state index contributed by atoms with van der Waals surface area (Å²) in [5, 5.41) is 2.82. The van der Waals surface area contributed by atoms with E-state index >= 15 is 0 Å². The zero-order chi connectivity index (χ0) is 19.4. The van der Waals surface area contributed by atoms with Gasteiger partial charge >= 0.3 is 5.97 Å². The number of carbonyl (C=O) groups is 3. The SMILES string of the molecule is CC(=O)c1c(C)[nH]c(C(=O)O[C@H](C)C(=O)N[C@@H](C)c2ccccc2)c1C. The Kier molecular flexibility index (Phi) is 5.97. The molecular weight excluding hydrogens is 332 g/mol.